The number of carbonyl (C=O) groups is 1. The Bertz CT molecular complexity index is 622. The van der Waals surface area contributed by atoms with Gasteiger partial charge in [-0.3, -0.25) is 9.69 Å². The summed E-state index contributed by atoms with van der Waals surface area (Å²) in [5, 5.41) is 3.28. The molecule has 1 amide bonds. The Balaban J connectivity index is 1.42. The molecular formula is C17H27N7O. The number of likely N-dealkylation sites (tertiary alicyclic amines) is 1. The fourth-order valence-electron chi connectivity index (χ4n) is 4.20. The van der Waals surface area contributed by atoms with Gasteiger partial charge in [-0.25, -0.2) is 0 Å². The summed E-state index contributed by atoms with van der Waals surface area (Å²) in [7, 11) is 0. The van der Waals surface area contributed by atoms with Crippen molar-refractivity contribution in [2.24, 2.45) is 11.8 Å². The van der Waals surface area contributed by atoms with Gasteiger partial charge in [0.05, 0.1) is 12.6 Å². The fourth-order valence-corrected chi connectivity index (χ4v) is 4.20. The van der Waals surface area contributed by atoms with Crippen molar-refractivity contribution in [3.63, 3.8) is 0 Å². The number of anilines is 3. The van der Waals surface area contributed by atoms with E-state index in [0.717, 1.165) is 32.0 Å². The van der Waals surface area contributed by atoms with E-state index in [-0.39, 0.29) is 17.9 Å². The third kappa shape index (κ3) is 3.78. The zero-order valence-corrected chi connectivity index (χ0v) is 14.5. The van der Waals surface area contributed by atoms with Crippen LogP contribution in [0, 0.1) is 11.8 Å². The highest BCUT2D eigenvalue weighted by molar-refractivity contribution is 5.78. The van der Waals surface area contributed by atoms with Crippen LogP contribution in [0.1, 0.15) is 25.7 Å². The topological polar surface area (TPSA) is 113 Å². The van der Waals surface area contributed by atoms with E-state index in [9.17, 15) is 4.79 Å². The molecule has 4 rings (SSSR count). The van der Waals surface area contributed by atoms with Crippen molar-refractivity contribution in [3.05, 3.63) is 6.07 Å². The van der Waals surface area contributed by atoms with Gasteiger partial charge in [-0.05, 0) is 44.7 Å². The van der Waals surface area contributed by atoms with Crippen LogP contribution in [0.5, 0.6) is 0 Å². The maximum atomic E-state index is 12.5. The Labute approximate surface area is 148 Å². The first-order chi connectivity index (χ1) is 12.1. The molecule has 136 valence electrons. The van der Waals surface area contributed by atoms with Crippen LogP contribution in [0.3, 0.4) is 0 Å². The number of hydrogen-bond acceptors (Lipinski definition) is 7. The maximum Gasteiger partial charge on any atom is 0.234 e. The Hall–Kier alpha value is -2.09. The molecule has 2 atom stereocenters. The van der Waals surface area contributed by atoms with E-state index in [0.29, 0.717) is 24.2 Å². The zero-order chi connectivity index (χ0) is 17.4. The molecule has 1 aromatic rings. The molecule has 3 fully saturated rings. The van der Waals surface area contributed by atoms with Gasteiger partial charge in [-0.1, -0.05) is 0 Å². The van der Waals surface area contributed by atoms with Crippen LogP contribution < -0.4 is 21.7 Å². The molecule has 0 spiro atoms. The van der Waals surface area contributed by atoms with E-state index in [1.807, 2.05) is 0 Å². The van der Waals surface area contributed by atoms with Crippen molar-refractivity contribution in [3.8, 4) is 0 Å². The van der Waals surface area contributed by atoms with Crippen LogP contribution in [-0.4, -0.2) is 59.5 Å². The largest absolute Gasteiger partial charge is 0.383 e. The highest BCUT2D eigenvalue weighted by atomic mass is 16.2. The molecule has 0 bridgehead atoms. The van der Waals surface area contributed by atoms with Gasteiger partial charge in [0.1, 0.15) is 11.6 Å². The summed E-state index contributed by atoms with van der Waals surface area (Å²) >= 11 is 0. The predicted molar refractivity (Wildman–Crippen MR) is 96.9 cm³/mol. The number of aromatic nitrogens is 2. The molecule has 8 nitrogen and oxygen atoms in total. The predicted octanol–water partition coefficient (Wildman–Crippen LogP) is 0.0678. The first-order valence-electron chi connectivity index (χ1n) is 9.25. The van der Waals surface area contributed by atoms with Crippen molar-refractivity contribution in [2.75, 3.05) is 49.1 Å². The Morgan fingerprint density at radius 1 is 1.20 bits per heavy atom. The van der Waals surface area contributed by atoms with E-state index in [1.165, 1.54) is 25.7 Å². The molecule has 5 N–H and O–H groups in total. The van der Waals surface area contributed by atoms with Crippen molar-refractivity contribution in [1.29, 1.82) is 0 Å². The maximum absolute atomic E-state index is 12.5. The van der Waals surface area contributed by atoms with Crippen LogP contribution in [0.2, 0.25) is 0 Å². The zero-order valence-electron chi connectivity index (χ0n) is 14.5. The number of nitrogens with two attached hydrogens (primary N) is 2. The molecule has 25 heavy (non-hydrogen) atoms. The van der Waals surface area contributed by atoms with Gasteiger partial charge in [0.15, 0.2) is 0 Å². The van der Waals surface area contributed by atoms with Gasteiger partial charge >= 0.3 is 0 Å². The molecule has 3 aliphatic rings. The van der Waals surface area contributed by atoms with Crippen LogP contribution >= 0.6 is 0 Å². The number of rotatable bonds is 5. The minimum Gasteiger partial charge on any atom is -0.383 e. The summed E-state index contributed by atoms with van der Waals surface area (Å²) in [6.45, 7) is 4.23. The fraction of sp³-hybridized carbons (Fsp3) is 0.706. The van der Waals surface area contributed by atoms with Crippen molar-refractivity contribution in [1.82, 2.24) is 20.2 Å². The minimum atomic E-state index is 0.140. The molecule has 2 saturated heterocycles. The average Bonchev–Trinajstić information content (AvgIpc) is 3.10. The lowest BCUT2D eigenvalue weighted by molar-refractivity contribution is -0.122. The molecule has 2 aliphatic heterocycles. The minimum absolute atomic E-state index is 0.140. The number of amides is 1. The molecule has 1 aromatic heterocycles. The van der Waals surface area contributed by atoms with E-state index in [1.54, 1.807) is 6.07 Å². The van der Waals surface area contributed by atoms with Crippen LogP contribution in [-0.2, 0) is 4.79 Å². The second-order valence-electron chi connectivity index (χ2n) is 7.57. The SMILES string of the molecule is Nc1cc(N2C[C@H](NC(=O)CN3CCCC3)[C@@H](C3CC3)C2)nc(N)n1. The van der Waals surface area contributed by atoms with E-state index < -0.39 is 0 Å². The molecule has 0 aromatic carbocycles. The second-order valence-corrected chi connectivity index (χ2v) is 7.57. The number of nitrogens with zero attached hydrogens (tertiary/aromatic N) is 4. The summed E-state index contributed by atoms with van der Waals surface area (Å²) in [4.78, 5) is 25.1. The van der Waals surface area contributed by atoms with Gasteiger partial charge in [-0.2, -0.15) is 9.97 Å². The van der Waals surface area contributed by atoms with E-state index in [4.69, 9.17) is 11.5 Å². The van der Waals surface area contributed by atoms with Gasteiger partial charge in [0.25, 0.3) is 0 Å². The van der Waals surface area contributed by atoms with E-state index >= 15 is 0 Å². The lowest BCUT2D eigenvalue weighted by Gasteiger charge is -2.21. The number of nitrogen functional groups attached to an aromatic ring is 2. The third-order valence-corrected chi connectivity index (χ3v) is 5.58. The third-order valence-electron chi connectivity index (χ3n) is 5.58. The quantitative estimate of drug-likeness (QED) is 0.692. The lowest BCUT2D eigenvalue weighted by Crippen LogP contribution is -2.45. The summed E-state index contributed by atoms with van der Waals surface area (Å²) in [5.74, 6) is 2.65. The normalized spacial score (nSPS) is 27.0. The van der Waals surface area contributed by atoms with Gasteiger partial charge in [-0.15, -0.1) is 0 Å². The summed E-state index contributed by atoms with van der Waals surface area (Å²) in [6, 6.07) is 1.93. The van der Waals surface area contributed by atoms with Crippen molar-refractivity contribution >= 4 is 23.5 Å². The Kier molecular flexibility index (Phi) is 4.37. The molecule has 0 unspecified atom stereocenters. The number of nitrogens with one attached hydrogen (secondary N) is 1. The molecule has 0 radical (unpaired) electrons. The van der Waals surface area contributed by atoms with Gasteiger partial charge in [0.2, 0.25) is 11.9 Å². The first kappa shape index (κ1) is 16.4. The molecule has 1 aliphatic carbocycles. The summed E-state index contributed by atoms with van der Waals surface area (Å²) < 4.78 is 0. The lowest BCUT2D eigenvalue weighted by atomic mass is 9.98. The first-order valence-corrected chi connectivity index (χ1v) is 9.25. The Morgan fingerprint density at radius 2 is 1.96 bits per heavy atom. The molecule has 1 saturated carbocycles. The molecular weight excluding hydrogens is 318 g/mol. The van der Waals surface area contributed by atoms with Crippen LogP contribution in [0.15, 0.2) is 6.07 Å². The summed E-state index contributed by atoms with van der Waals surface area (Å²) in [6.07, 6.45) is 4.91. The van der Waals surface area contributed by atoms with Gasteiger partial charge in [0, 0.05) is 25.1 Å². The van der Waals surface area contributed by atoms with Crippen molar-refractivity contribution < 1.29 is 4.79 Å². The van der Waals surface area contributed by atoms with Crippen LogP contribution in [0.25, 0.3) is 0 Å². The van der Waals surface area contributed by atoms with E-state index in [2.05, 4.69) is 25.1 Å². The standard InChI is InChI=1S/C17H27N7O/c18-14-7-15(22-17(19)21-14)24-8-12(11-3-4-11)13(9-24)20-16(25)10-23-5-1-2-6-23/h7,11-13H,1-6,8-10H2,(H,20,25)(H4,18,19,21,22)/t12-,13+/m1/s1. The summed E-state index contributed by atoms with van der Waals surface area (Å²) in [5.41, 5.74) is 11.5. The van der Waals surface area contributed by atoms with Crippen LogP contribution in [0.4, 0.5) is 17.6 Å². The molecule has 3 heterocycles. The smallest absolute Gasteiger partial charge is 0.234 e. The number of carbonyl (C=O) groups excluding carboxylic acids is 1. The van der Waals surface area contributed by atoms with Gasteiger partial charge < -0.3 is 21.7 Å². The van der Waals surface area contributed by atoms with Crippen molar-refractivity contribution in [2.45, 2.75) is 31.7 Å². The second kappa shape index (κ2) is 6.67. The Morgan fingerprint density at radius 3 is 2.64 bits per heavy atom. The highest BCUT2D eigenvalue weighted by Crippen LogP contribution is 2.42. The highest BCUT2D eigenvalue weighted by Gasteiger charge is 2.43. The monoisotopic (exact) mass is 345 g/mol. The molecule has 8 heteroatoms. The average molecular weight is 345 g/mol. The number of hydrogen-bond donors (Lipinski definition) is 3.